The van der Waals surface area contributed by atoms with Crippen LogP contribution in [-0.2, 0) is 16.1 Å². The number of carboxylic acid groups (broad SMARTS) is 1. The van der Waals surface area contributed by atoms with Gasteiger partial charge in [-0.2, -0.15) is 0 Å². The molecule has 2 aliphatic carbocycles. The lowest BCUT2D eigenvalue weighted by atomic mass is 9.78. The molecule has 1 aromatic rings. The third kappa shape index (κ3) is 2.64. The summed E-state index contributed by atoms with van der Waals surface area (Å²) in [5.74, 6) is -1.97. The molecule has 0 unspecified atom stereocenters. The maximum Gasteiger partial charge on any atom is 0.307 e. The number of amides is 1. The first-order chi connectivity index (χ1) is 10.1. The first-order valence-corrected chi connectivity index (χ1v) is 7.31. The highest BCUT2D eigenvalue weighted by atomic mass is 19.1. The SMILES string of the molecule is O=C(NCc1ccc(F)cc1)[C@@H]1[C@@H]2CC[C@@H](C2)[C@@H]1C(=O)O. The smallest absolute Gasteiger partial charge is 0.307 e. The minimum atomic E-state index is -0.857. The number of carbonyl (C=O) groups is 2. The predicted molar refractivity (Wildman–Crippen MR) is 73.7 cm³/mol. The Morgan fingerprint density at radius 1 is 1.14 bits per heavy atom. The van der Waals surface area contributed by atoms with Gasteiger partial charge < -0.3 is 10.4 Å². The van der Waals surface area contributed by atoms with Crippen molar-refractivity contribution in [3.63, 3.8) is 0 Å². The van der Waals surface area contributed by atoms with E-state index in [9.17, 15) is 19.1 Å². The zero-order chi connectivity index (χ0) is 15.0. The number of benzene rings is 1. The highest BCUT2D eigenvalue weighted by Gasteiger charge is 2.53. The number of hydrogen-bond donors (Lipinski definition) is 2. The van der Waals surface area contributed by atoms with Crippen LogP contribution in [0, 0.1) is 29.5 Å². The van der Waals surface area contributed by atoms with E-state index >= 15 is 0 Å². The van der Waals surface area contributed by atoms with Crippen LogP contribution in [-0.4, -0.2) is 17.0 Å². The molecule has 2 N–H and O–H groups in total. The number of carboxylic acids is 1. The zero-order valence-corrected chi connectivity index (χ0v) is 11.6. The molecule has 112 valence electrons. The van der Waals surface area contributed by atoms with E-state index in [0.29, 0.717) is 6.54 Å². The van der Waals surface area contributed by atoms with Crippen LogP contribution in [0.2, 0.25) is 0 Å². The third-order valence-electron chi connectivity index (χ3n) is 4.88. The molecule has 0 spiro atoms. The first-order valence-electron chi connectivity index (χ1n) is 7.31. The van der Waals surface area contributed by atoms with E-state index in [2.05, 4.69) is 5.32 Å². The molecule has 0 saturated heterocycles. The van der Waals surface area contributed by atoms with Gasteiger partial charge in [-0.05, 0) is 48.8 Å². The van der Waals surface area contributed by atoms with E-state index in [1.165, 1.54) is 12.1 Å². The van der Waals surface area contributed by atoms with Crippen molar-refractivity contribution in [1.29, 1.82) is 0 Å². The van der Waals surface area contributed by atoms with Gasteiger partial charge in [-0.15, -0.1) is 0 Å². The van der Waals surface area contributed by atoms with Gasteiger partial charge in [0.1, 0.15) is 5.82 Å². The first kappa shape index (κ1) is 14.0. The summed E-state index contributed by atoms with van der Waals surface area (Å²) in [5, 5.41) is 12.2. The summed E-state index contributed by atoms with van der Waals surface area (Å²) in [5.41, 5.74) is 0.805. The van der Waals surface area contributed by atoms with Crippen molar-refractivity contribution >= 4 is 11.9 Å². The number of carbonyl (C=O) groups excluding carboxylic acids is 1. The number of rotatable bonds is 4. The molecule has 1 amide bonds. The minimum absolute atomic E-state index is 0.147. The van der Waals surface area contributed by atoms with Crippen LogP contribution in [0.4, 0.5) is 4.39 Å². The number of hydrogen-bond acceptors (Lipinski definition) is 2. The summed E-state index contributed by atoms with van der Waals surface area (Å²) in [6.07, 6.45) is 2.72. The molecule has 3 rings (SSSR count). The summed E-state index contributed by atoms with van der Waals surface area (Å²) in [7, 11) is 0. The molecule has 2 saturated carbocycles. The lowest BCUT2D eigenvalue weighted by molar-refractivity contribution is -0.149. The Morgan fingerprint density at radius 2 is 1.76 bits per heavy atom. The minimum Gasteiger partial charge on any atom is -0.481 e. The molecule has 2 fully saturated rings. The average molecular weight is 291 g/mol. The van der Waals surface area contributed by atoms with E-state index in [1.807, 2.05) is 0 Å². The maximum absolute atomic E-state index is 12.8. The van der Waals surface area contributed by atoms with E-state index < -0.39 is 17.8 Å². The second-order valence-corrected chi connectivity index (χ2v) is 6.07. The van der Waals surface area contributed by atoms with E-state index in [-0.39, 0.29) is 23.6 Å². The fourth-order valence-corrected chi connectivity index (χ4v) is 3.93. The molecule has 5 heteroatoms. The number of aliphatic carboxylic acids is 1. The van der Waals surface area contributed by atoms with Crippen molar-refractivity contribution in [1.82, 2.24) is 5.32 Å². The number of nitrogens with one attached hydrogen (secondary N) is 1. The van der Waals surface area contributed by atoms with Crippen LogP contribution >= 0.6 is 0 Å². The van der Waals surface area contributed by atoms with Gasteiger partial charge in [0, 0.05) is 6.54 Å². The molecule has 0 heterocycles. The molecular formula is C16H18FNO3. The van der Waals surface area contributed by atoms with E-state index in [0.717, 1.165) is 24.8 Å². The standard InChI is InChI=1S/C16H18FNO3/c17-12-5-1-9(2-6-12)8-18-15(19)13-10-3-4-11(7-10)14(13)16(20)21/h1-2,5-6,10-11,13-14H,3-4,7-8H2,(H,18,19)(H,20,21)/t10-,11+,13-,14+/m1/s1. The predicted octanol–water partition coefficient (Wildman–Crippen LogP) is 2.19. The Kier molecular flexibility index (Phi) is 3.66. The molecule has 4 nitrogen and oxygen atoms in total. The maximum atomic E-state index is 12.8. The second kappa shape index (κ2) is 5.47. The topological polar surface area (TPSA) is 66.4 Å². The normalized spacial score (nSPS) is 30.3. The van der Waals surface area contributed by atoms with Crippen molar-refractivity contribution in [2.24, 2.45) is 23.7 Å². The molecule has 0 radical (unpaired) electrons. The van der Waals surface area contributed by atoms with Gasteiger partial charge in [0.2, 0.25) is 5.91 Å². The van der Waals surface area contributed by atoms with Crippen molar-refractivity contribution in [2.45, 2.75) is 25.8 Å². The average Bonchev–Trinajstić information content (AvgIpc) is 3.06. The second-order valence-electron chi connectivity index (χ2n) is 6.07. The van der Waals surface area contributed by atoms with Gasteiger partial charge in [0.05, 0.1) is 11.8 Å². The molecule has 2 bridgehead atoms. The Morgan fingerprint density at radius 3 is 2.38 bits per heavy atom. The van der Waals surface area contributed by atoms with Crippen molar-refractivity contribution < 1.29 is 19.1 Å². The summed E-state index contributed by atoms with van der Waals surface area (Å²) in [4.78, 5) is 23.7. The largest absolute Gasteiger partial charge is 0.481 e. The van der Waals surface area contributed by atoms with Crippen LogP contribution in [0.25, 0.3) is 0 Å². The van der Waals surface area contributed by atoms with Crippen molar-refractivity contribution in [3.8, 4) is 0 Å². The van der Waals surface area contributed by atoms with Gasteiger partial charge in [-0.1, -0.05) is 12.1 Å². The van der Waals surface area contributed by atoms with Gasteiger partial charge in [-0.25, -0.2) is 4.39 Å². The quantitative estimate of drug-likeness (QED) is 0.893. The van der Waals surface area contributed by atoms with E-state index in [4.69, 9.17) is 0 Å². The van der Waals surface area contributed by atoms with Crippen LogP contribution in [0.5, 0.6) is 0 Å². The van der Waals surface area contributed by atoms with E-state index in [1.54, 1.807) is 12.1 Å². The van der Waals surface area contributed by atoms with Gasteiger partial charge in [0.15, 0.2) is 0 Å². The Hall–Kier alpha value is -1.91. The molecule has 21 heavy (non-hydrogen) atoms. The zero-order valence-electron chi connectivity index (χ0n) is 11.6. The summed E-state index contributed by atoms with van der Waals surface area (Å²) in [6, 6.07) is 5.92. The van der Waals surface area contributed by atoms with Crippen LogP contribution in [0.1, 0.15) is 24.8 Å². The Bertz CT molecular complexity index is 557. The monoisotopic (exact) mass is 291 g/mol. The van der Waals surface area contributed by atoms with Crippen LogP contribution in [0.15, 0.2) is 24.3 Å². The van der Waals surface area contributed by atoms with Crippen LogP contribution < -0.4 is 5.32 Å². The van der Waals surface area contributed by atoms with Gasteiger partial charge in [0.25, 0.3) is 0 Å². The lowest BCUT2D eigenvalue weighted by Gasteiger charge is -2.27. The summed E-state index contributed by atoms with van der Waals surface area (Å²) in [6.45, 7) is 0.305. The van der Waals surface area contributed by atoms with Crippen molar-refractivity contribution in [2.75, 3.05) is 0 Å². The van der Waals surface area contributed by atoms with Gasteiger partial charge in [-0.3, -0.25) is 9.59 Å². The third-order valence-corrected chi connectivity index (χ3v) is 4.88. The molecular weight excluding hydrogens is 273 g/mol. The van der Waals surface area contributed by atoms with Crippen molar-refractivity contribution in [3.05, 3.63) is 35.6 Å². The summed E-state index contributed by atoms with van der Waals surface area (Å²) >= 11 is 0. The molecule has 1 aromatic carbocycles. The number of halogens is 1. The van der Waals surface area contributed by atoms with Crippen LogP contribution in [0.3, 0.4) is 0 Å². The Balaban J connectivity index is 1.64. The lowest BCUT2D eigenvalue weighted by Crippen LogP contribution is -2.41. The molecule has 4 atom stereocenters. The summed E-state index contributed by atoms with van der Waals surface area (Å²) < 4.78 is 12.8. The fraction of sp³-hybridized carbons (Fsp3) is 0.500. The molecule has 0 aliphatic heterocycles. The molecule has 0 aromatic heterocycles. The highest BCUT2D eigenvalue weighted by Crippen LogP contribution is 2.52. The Labute approximate surface area is 122 Å². The molecule has 2 aliphatic rings. The highest BCUT2D eigenvalue weighted by molar-refractivity contribution is 5.86. The number of fused-ring (bicyclic) bond motifs is 2. The van der Waals surface area contributed by atoms with Gasteiger partial charge >= 0.3 is 5.97 Å². The fourth-order valence-electron chi connectivity index (χ4n) is 3.93.